The van der Waals surface area contributed by atoms with E-state index in [0.29, 0.717) is 19.4 Å². The van der Waals surface area contributed by atoms with E-state index in [1.165, 1.54) is 212 Å². The van der Waals surface area contributed by atoms with Gasteiger partial charge in [-0.1, -0.05) is 256 Å². The number of carbonyl (C=O) groups excluding carboxylic acids is 2. The summed E-state index contributed by atoms with van der Waals surface area (Å²) in [5.41, 5.74) is 0. The van der Waals surface area contributed by atoms with E-state index in [2.05, 4.69) is 43.5 Å². The highest BCUT2D eigenvalue weighted by Gasteiger charge is 2.18. The molecule has 0 fully saturated rings. The summed E-state index contributed by atoms with van der Waals surface area (Å²) in [6.07, 6.45) is 65.8. The molecule has 64 heavy (non-hydrogen) atoms. The molecule has 1 amide bonds. The number of amides is 1. The van der Waals surface area contributed by atoms with Crippen LogP contribution in [-0.4, -0.2) is 47.4 Å². The van der Waals surface area contributed by atoms with Gasteiger partial charge in [0.1, 0.15) is 0 Å². The van der Waals surface area contributed by atoms with Gasteiger partial charge in [0.15, 0.2) is 0 Å². The van der Waals surface area contributed by atoms with Gasteiger partial charge in [0.05, 0.1) is 25.4 Å². The Bertz CT molecular complexity index is 1040. The van der Waals surface area contributed by atoms with Gasteiger partial charge in [-0.05, 0) is 64.2 Å². The maximum atomic E-state index is 12.4. The Hall–Kier alpha value is -1.92. The SMILES string of the molecule is CCCCCC/C=C\C/C=C\CCCCCCCCCC(=O)OCCCCCCCCCCCCCCCCCCC(=O)NC(CO)C(O)/C=C/CCCCCCCCCCCCC. The molecule has 2 atom stereocenters. The molecule has 0 aliphatic rings. The van der Waals surface area contributed by atoms with E-state index < -0.39 is 12.1 Å². The van der Waals surface area contributed by atoms with Crippen LogP contribution < -0.4 is 5.32 Å². The zero-order chi connectivity index (χ0) is 46.5. The zero-order valence-corrected chi connectivity index (χ0v) is 42.8. The molecule has 0 aromatic carbocycles. The normalized spacial score (nSPS) is 12.9. The number of rotatable bonds is 52. The predicted octanol–water partition coefficient (Wildman–Crippen LogP) is 17.2. The molecule has 0 aliphatic heterocycles. The van der Waals surface area contributed by atoms with Crippen LogP contribution in [0.4, 0.5) is 0 Å². The fraction of sp³-hybridized carbons (Fsp3) is 0.862. The molecule has 0 bridgehead atoms. The third-order valence-electron chi connectivity index (χ3n) is 12.9. The van der Waals surface area contributed by atoms with Gasteiger partial charge >= 0.3 is 5.97 Å². The lowest BCUT2D eigenvalue weighted by Crippen LogP contribution is -2.45. The van der Waals surface area contributed by atoms with Gasteiger partial charge in [-0.3, -0.25) is 9.59 Å². The maximum absolute atomic E-state index is 12.4. The number of allylic oxidation sites excluding steroid dienone is 5. The van der Waals surface area contributed by atoms with Gasteiger partial charge in [0.2, 0.25) is 5.91 Å². The fourth-order valence-electron chi connectivity index (χ4n) is 8.55. The van der Waals surface area contributed by atoms with Crippen molar-refractivity contribution >= 4 is 11.9 Å². The van der Waals surface area contributed by atoms with Gasteiger partial charge in [-0.15, -0.1) is 0 Å². The van der Waals surface area contributed by atoms with Crippen molar-refractivity contribution in [3.8, 4) is 0 Å². The molecule has 0 aromatic rings. The molecule has 0 saturated heterocycles. The van der Waals surface area contributed by atoms with Gasteiger partial charge in [0, 0.05) is 12.8 Å². The fourth-order valence-corrected chi connectivity index (χ4v) is 8.55. The summed E-state index contributed by atoms with van der Waals surface area (Å²) in [6.45, 7) is 4.87. The van der Waals surface area contributed by atoms with Gasteiger partial charge in [-0.2, -0.15) is 0 Å². The lowest BCUT2D eigenvalue weighted by molar-refractivity contribution is -0.143. The smallest absolute Gasteiger partial charge is 0.305 e. The Morgan fingerprint density at radius 1 is 0.438 bits per heavy atom. The van der Waals surface area contributed by atoms with E-state index in [9.17, 15) is 19.8 Å². The number of carbonyl (C=O) groups is 2. The van der Waals surface area contributed by atoms with E-state index in [1.54, 1.807) is 6.08 Å². The highest BCUT2D eigenvalue weighted by molar-refractivity contribution is 5.76. The summed E-state index contributed by atoms with van der Waals surface area (Å²) in [7, 11) is 0. The van der Waals surface area contributed by atoms with E-state index in [1.807, 2.05) is 6.08 Å². The average molecular weight is 901 g/mol. The average Bonchev–Trinajstić information content (AvgIpc) is 3.29. The number of ether oxygens (including phenoxy) is 1. The second-order valence-corrected chi connectivity index (χ2v) is 19.3. The summed E-state index contributed by atoms with van der Waals surface area (Å²) in [5.74, 6) is -0.0809. The number of aliphatic hydroxyl groups excluding tert-OH is 2. The minimum atomic E-state index is -0.849. The van der Waals surface area contributed by atoms with Crippen molar-refractivity contribution in [1.29, 1.82) is 0 Å². The van der Waals surface area contributed by atoms with Crippen molar-refractivity contribution < 1.29 is 24.5 Å². The number of nitrogens with one attached hydrogen (secondary N) is 1. The molecule has 3 N–H and O–H groups in total. The third-order valence-corrected chi connectivity index (χ3v) is 12.9. The van der Waals surface area contributed by atoms with Crippen LogP contribution in [0.15, 0.2) is 36.5 Å². The molecular formula is C58H109NO5. The highest BCUT2D eigenvalue weighted by Crippen LogP contribution is 2.16. The molecule has 0 spiro atoms. The summed E-state index contributed by atoms with van der Waals surface area (Å²) in [6, 6.07) is -0.633. The standard InChI is InChI=1S/C58H109NO5/c1-3-5-7-9-11-13-15-17-18-19-20-24-28-32-36-40-44-48-52-58(63)64-53-49-45-41-37-33-29-25-22-21-23-27-31-35-39-43-47-51-57(62)59-55(54-60)56(61)50-46-42-38-34-30-26-16-14-12-10-8-6-4-2/h13,15,18-19,46,50,55-56,60-61H,3-12,14,16-17,20-45,47-49,51-54H2,1-2H3,(H,59,62)/b15-13-,19-18-,50-46+. The van der Waals surface area contributed by atoms with Crippen LogP contribution in [0.2, 0.25) is 0 Å². The molecule has 0 radical (unpaired) electrons. The van der Waals surface area contributed by atoms with Crippen LogP contribution in [0.5, 0.6) is 0 Å². The topological polar surface area (TPSA) is 95.9 Å². The van der Waals surface area contributed by atoms with E-state index in [-0.39, 0.29) is 18.5 Å². The lowest BCUT2D eigenvalue weighted by atomic mass is 10.0. The van der Waals surface area contributed by atoms with E-state index in [4.69, 9.17) is 4.74 Å². The van der Waals surface area contributed by atoms with Crippen LogP contribution in [-0.2, 0) is 14.3 Å². The Balaban J connectivity index is 3.44. The number of hydrogen-bond acceptors (Lipinski definition) is 5. The lowest BCUT2D eigenvalue weighted by Gasteiger charge is -2.20. The van der Waals surface area contributed by atoms with Crippen molar-refractivity contribution in [2.75, 3.05) is 13.2 Å². The first kappa shape index (κ1) is 62.1. The third kappa shape index (κ3) is 49.5. The molecule has 0 heterocycles. The van der Waals surface area contributed by atoms with Crippen molar-refractivity contribution in [3.05, 3.63) is 36.5 Å². The largest absolute Gasteiger partial charge is 0.466 e. The van der Waals surface area contributed by atoms with Crippen LogP contribution >= 0.6 is 0 Å². The summed E-state index contributed by atoms with van der Waals surface area (Å²) >= 11 is 0. The van der Waals surface area contributed by atoms with Crippen molar-refractivity contribution in [2.24, 2.45) is 0 Å². The number of unbranched alkanes of at least 4 members (excludes halogenated alkanes) is 37. The first-order valence-corrected chi connectivity index (χ1v) is 28.3. The Labute approximate surface area is 398 Å². The molecule has 2 unspecified atom stereocenters. The van der Waals surface area contributed by atoms with Gasteiger partial charge in [-0.25, -0.2) is 0 Å². The second-order valence-electron chi connectivity index (χ2n) is 19.3. The second kappa shape index (κ2) is 53.7. The minimum Gasteiger partial charge on any atom is -0.466 e. The van der Waals surface area contributed by atoms with E-state index in [0.717, 1.165) is 57.8 Å². The van der Waals surface area contributed by atoms with Crippen LogP contribution in [0, 0.1) is 0 Å². The monoisotopic (exact) mass is 900 g/mol. The predicted molar refractivity (Wildman–Crippen MR) is 278 cm³/mol. The Morgan fingerprint density at radius 3 is 1.20 bits per heavy atom. The van der Waals surface area contributed by atoms with Gasteiger partial charge in [0.25, 0.3) is 0 Å². The highest BCUT2D eigenvalue weighted by atomic mass is 16.5. The van der Waals surface area contributed by atoms with Gasteiger partial charge < -0.3 is 20.3 Å². The van der Waals surface area contributed by atoms with Crippen LogP contribution in [0.25, 0.3) is 0 Å². The minimum absolute atomic E-state index is 0.00547. The first-order valence-electron chi connectivity index (χ1n) is 28.3. The molecule has 6 nitrogen and oxygen atoms in total. The van der Waals surface area contributed by atoms with Crippen LogP contribution in [0.1, 0.15) is 296 Å². The molecule has 0 aliphatic carbocycles. The van der Waals surface area contributed by atoms with E-state index >= 15 is 0 Å². The summed E-state index contributed by atoms with van der Waals surface area (Å²) in [5, 5.41) is 23.0. The Kier molecular flexibility index (Phi) is 52.1. The summed E-state index contributed by atoms with van der Waals surface area (Å²) in [4.78, 5) is 24.5. The quantitative estimate of drug-likeness (QED) is 0.0321. The molecule has 376 valence electrons. The molecule has 6 heteroatoms. The van der Waals surface area contributed by atoms with Crippen LogP contribution in [0.3, 0.4) is 0 Å². The summed E-state index contributed by atoms with van der Waals surface area (Å²) < 4.78 is 5.48. The zero-order valence-electron chi connectivity index (χ0n) is 42.8. The molecule has 0 rings (SSSR count). The molecule has 0 saturated carbocycles. The number of aliphatic hydroxyl groups is 2. The van der Waals surface area contributed by atoms with Crippen molar-refractivity contribution in [1.82, 2.24) is 5.32 Å². The number of hydrogen-bond donors (Lipinski definition) is 3. The number of esters is 1. The van der Waals surface area contributed by atoms with Crippen molar-refractivity contribution in [2.45, 2.75) is 309 Å². The maximum Gasteiger partial charge on any atom is 0.305 e. The first-order chi connectivity index (χ1) is 31.5. The molecule has 0 aromatic heterocycles. The van der Waals surface area contributed by atoms with Crippen molar-refractivity contribution in [3.63, 3.8) is 0 Å². The molecular weight excluding hydrogens is 791 g/mol. The Morgan fingerprint density at radius 2 is 0.781 bits per heavy atom.